The summed E-state index contributed by atoms with van der Waals surface area (Å²) in [5, 5.41) is 4.14. The molecular formula is C22H23N3O2. The molecule has 0 N–H and O–H groups in total. The Bertz CT molecular complexity index is 1020. The van der Waals surface area contributed by atoms with Crippen LogP contribution in [-0.4, -0.2) is 22.6 Å². The fourth-order valence-electron chi connectivity index (χ4n) is 3.61. The Labute approximate surface area is 159 Å². The number of hydrogen-bond donors (Lipinski definition) is 0. The van der Waals surface area contributed by atoms with E-state index in [4.69, 9.17) is 4.52 Å². The van der Waals surface area contributed by atoms with E-state index in [2.05, 4.69) is 49.1 Å². The van der Waals surface area contributed by atoms with E-state index in [1.54, 1.807) is 0 Å². The third kappa shape index (κ3) is 3.25. The molecule has 0 aliphatic carbocycles. The Morgan fingerprint density at radius 2 is 1.81 bits per heavy atom. The van der Waals surface area contributed by atoms with Crippen molar-refractivity contribution in [1.82, 2.24) is 10.1 Å². The summed E-state index contributed by atoms with van der Waals surface area (Å²) in [6.07, 6.45) is 0.391. The molecule has 3 aromatic rings. The molecule has 4 rings (SSSR count). The lowest BCUT2D eigenvalue weighted by atomic mass is 10.1. The van der Waals surface area contributed by atoms with Gasteiger partial charge in [0.1, 0.15) is 0 Å². The van der Waals surface area contributed by atoms with E-state index in [1.807, 2.05) is 30.0 Å². The van der Waals surface area contributed by atoms with Crippen molar-refractivity contribution in [3.8, 4) is 11.4 Å². The minimum absolute atomic E-state index is 0.0778. The summed E-state index contributed by atoms with van der Waals surface area (Å²) in [6.45, 7) is 8.80. The highest BCUT2D eigenvalue weighted by Crippen LogP contribution is 2.33. The van der Waals surface area contributed by atoms with Crippen molar-refractivity contribution >= 4 is 11.6 Å². The van der Waals surface area contributed by atoms with Crippen molar-refractivity contribution in [2.45, 2.75) is 40.0 Å². The Balaban J connectivity index is 1.57. The van der Waals surface area contributed by atoms with Gasteiger partial charge in [0, 0.05) is 24.2 Å². The smallest absolute Gasteiger partial charge is 0.232 e. The summed E-state index contributed by atoms with van der Waals surface area (Å²) < 4.78 is 5.51. The Hall–Kier alpha value is -2.95. The monoisotopic (exact) mass is 361 g/mol. The largest absolute Gasteiger partial charge is 0.339 e. The van der Waals surface area contributed by atoms with Gasteiger partial charge in [0.05, 0.1) is 5.92 Å². The van der Waals surface area contributed by atoms with Crippen LogP contribution in [0.3, 0.4) is 0 Å². The maximum atomic E-state index is 12.6. The summed E-state index contributed by atoms with van der Waals surface area (Å²) in [5.74, 6) is 1.12. The predicted octanol–water partition coefficient (Wildman–Crippen LogP) is 4.49. The topological polar surface area (TPSA) is 59.2 Å². The zero-order chi connectivity index (χ0) is 19.1. The highest BCUT2D eigenvalue weighted by atomic mass is 16.5. The lowest BCUT2D eigenvalue weighted by Crippen LogP contribution is -2.25. The lowest BCUT2D eigenvalue weighted by molar-refractivity contribution is -0.117. The molecule has 1 unspecified atom stereocenters. The van der Waals surface area contributed by atoms with Crippen LogP contribution in [0.25, 0.3) is 11.4 Å². The van der Waals surface area contributed by atoms with Crippen molar-refractivity contribution in [2.24, 2.45) is 0 Å². The number of anilines is 1. The first-order chi connectivity index (χ1) is 12.9. The van der Waals surface area contributed by atoms with E-state index in [9.17, 15) is 4.79 Å². The van der Waals surface area contributed by atoms with E-state index in [-0.39, 0.29) is 11.8 Å². The third-order valence-corrected chi connectivity index (χ3v) is 5.32. The van der Waals surface area contributed by atoms with Crippen LogP contribution < -0.4 is 4.90 Å². The highest BCUT2D eigenvalue weighted by molar-refractivity contribution is 5.97. The van der Waals surface area contributed by atoms with Gasteiger partial charge in [-0.3, -0.25) is 4.79 Å². The van der Waals surface area contributed by atoms with E-state index >= 15 is 0 Å². The number of aryl methyl sites for hydroxylation is 4. The number of nitrogens with zero attached hydrogens (tertiary/aromatic N) is 3. The molecule has 1 atom stereocenters. The molecule has 1 aliphatic heterocycles. The second-order valence-electron chi connectivity index (χ2n) is 7.45. The maximum absolute atomic E-state index is 12.6. The molecule has 0 bridgehead atoms. The molecule has 5 heteroatoms. The van der Waals surface area contributed by atoms with E-state index in [0.29, 0.717) is 24.7 Å². The number of rotatable bonds is 3. The zero-order valence-corrected chi connectivity index (χ0v) is 16.1. The Kier molecular flexibility index (Phi) is 4.30. The van der Waals surface area contributed by atoms with Gasteiger partial charge in [0.25, 0.3) is 0 Å². The molecule has 2 heterocycles. The molecule has 5 nitrogen and oxygen atoms in total. The normalized spacial score (nSPS) is 17.0. The molecule has 138 valence electrons. The standard InChI is InChI=1S/C22H23N3O2/c1-13-5-8-19(16(4)9-13)25-12-18(11-20(25)26)22-23-21(24-27-22)17-7-6-14(2)15(3)10-17/h5-10,18H,11-12H2,1-4H3. The molecule has 0 spiro atoms. The van der Waals surface area contributed by atoms with Crippen LogP contribution >= 0.6 is 0 Å². The molecule has 1 amide bonds. The van der Waals surface area contributed by atoms with E-state index in [1.165, 1.54) is 16.7 Å². The fraction of sp³-hybridized carbons (Fsp3) is 0.318. The van der Waals surface area contributed by atoms with Gasteiger partial charge >= 0.3 is 0 Å². The summed E-state index contributed by atoms with van der Waals surface area (Å²) in [6, 6.07) is 12.3. The van der Waals surface area contributed by atoms with Crippen LogP contribution in [0.5, 0.6) is 0 Å². The molecule has 1 fully saturated rings. The van der Waals surface area contributed by atoms with Crippen LogP contribution in [-0.2, 0) is 4.79 Å². The van der Waals surface area contributed by atoms with Gasteiger partial charge in [-0.05, 0) is 56.5 Å². The number of carbonyl (C=O) groups is 1. The van der Waals surface area contributed by atoms with Gasteiger partial charge in [-0.25, -0.2) is 0 Å². The predicted molar refractivity (Wildman–Crippen MR) is 105 cm³/mol. The zero-order valence-electron chi connectivity index (χ0n) is 16.1. The first-order valence-corrected chi connectivity index (χ1v) is 9.21. The van der Waals surface area contributed by atoms with Crippen molar-refractivity contribution in [3.05, 3.63) is 64.5 Å². The molecule has 27 heavy (non-hydrogen) atoms. The molecule has 1 saturated heterocycles. The second kappa shape index (κ2) is 6.65. The number of benzene rings is 2. The average molecular weight is 361 g/mol. The molecule has 1 aliphatic rings. The van der Waals surface area contributed by atoms with Gasteiger partial charge < -0.3 is 9.42 Å². The van der Waals surface area contributed by atoms with E-state index in [0.717, 1.165) is 16.8 Å². The Morgan fingerprint density at radius 1 is 1.00 bits per heavy atom. The summed E-state index contributed by atoms with van der Waals surface area (Å²) in [7, 11) is 0. The minimum atomic E-state index is -0.0778. The number of hydrogen-bond acceptors (Lipinski definition) is 4. The molecular weight excluding hydrogens is 338 g/mol. The van der Waals surface area contributed by atoms with Crippen molar-refractivity contribution < 1.29 is 9.32 Å². The van der Waals surface area contributed by atoms with Crippen molar-refractivity contribution in [3.63, 3.8) is 0 Å². The summed E-state index contributed by atoms with van der Waals surface area (Å²) in [4.78, 5) is 19.0. The van der Waals surface area contributed by atoms with Gasteiger partial charge in [-0.15, -0.1) is 0 Å². The van der Waals surface area contributed by atoms with Crippen molar-refractivity contribution in [1.29, 1.82) is 0 Å². The first kappa shape index (κ1) is 17.5. The minimum Gasteiger partial charge on any atom is -0.339 e. The van der Waals surface area contributed by atoms with Crippen molar-refractivity contribution in [2.75, 3.05) is 11.4 Å². The fourth-order valence-corrected chi connectivity index (χ4v) is 3.61. The van der Waals surface area contributed by atoms with Crippen LogP contribution in [0.4, 0.5) is 5.69 Å². The van der Waals surface area contributed by atoms with Gasteiger partial charge in [0.15, 0.2) is 0 Å². The van der Waals surface area contributed by atoms with Gasteiger partial charge in [0.2, 0.25) is 17.6 Å². The highest BCUT2D eigenvalue weighted by Gasteiger charge is 2.35. The van der Waals surface area contributed by atoms with Gasteiger partial charge in [-0.1, -0.05) is 35.0 Å². The quantitative estimate of drug-likeness (QED) is 0.690. The second-order valence-corrected chi connectivity index (χ2v) is 7.45. The SMILES string of the molecule is Cc1ccc(N2CC(c3nc(-c4ccc(C)c(C)c4)no3)CC2=O)c(C)c1. The third-order valence-electron chi connectivity index (χ3n) is 5.32. The number of amides is 1. The van der Waals surface area contributed by atoms with Gasteiger partial charge in [-0.2, -0.15) is 4.98 Å². The molecule has 2 aromatic carbocycles. The lowest BCUT2D eigenvalue weighted by Gasteiger charge is -2.19. The molecule has 0 radical (unpaired) electrons. The first-order valence-electron chi connectivity index (χ1n) is 9.21. The molecule has 1 aromatic heterocycles. The number of carbonyl (C=O) groups excluding carboxylic acids is 1. The van der Waals surface area contributed by atoms with E-state index < -0.39 is 0 Å². The maximum Gasteiger partial charge on any atom is 0.232 e. The van der Waals surface area contributed by atoms with Crippen LogP contribution in [0.1, 0.15) is 40.5 Å². The summed E-state index contributed by atoms with van der Waals surface area (Å²) >= 11 is 0. The van der Waals surface area contributed by atoms with Crippen LogP contribution in [0.15, 0.2) is 40.9 Å². The number of aromatic nitrogens is 2. The summed E-state index contributed by atoms with van der Waals surface area (Å²) in [5.41, 5.74) is 6.61. The molecule has 0 saturated carbocycles. The van der Waals surface area contributed by atoms with Crippen LogP contribution in [0.2, 0.25) is 0 Å². The average Bonchev–Trinajstić information content (AvgIpc) is 3.25. The van der Waals surface area contributed by atoms with Crippen LogP contribution in [0, 0.1) is 27.7 Å². The Morgan fingerprint density at radius 3 is 2.56 bits per heavy atom.